The molecule has 18 heavy (non-hydrogen) atoms. The van der Waals surface area contributed by atoms with Crippen molar-refractivity contribution in [3.8, 4) is 0 Å². The topological polar surface area (TPSA) is 33.7 Å². The van der Waals surface area contributed by atoms with Crippen molar-refractivity contribution >= 4 is 0 Å². The fraction of sp³-hybridized carbons (Fsp3) is 1.00. The Morgan fingerprint density at radius 2 is 2.11 bits per heavy atom. The van der Waals surface area contributed by atoms with E-state index in [2.05, 4.69) is 17.1 Å². The van der Waals surface area contributed by atoms with Gasteiger partial charge in [-0.05, 0) is 45.3 Å². The van der Waals surface area contributed by atoms with E-state index in [0.29, 0.717) is 6.61 Å². The second-order valence-corrected chi connectivity index (χ2v) is 5.05. The lowest BCUT2D eigenvalue weighted by atomic mass is 10.2. The summed E-state index contributed by atoms with van der Waals surface area (Å²) in [6.07, 6.45) is 4.94. The highest BCUT2D eigenvalue weighted by atomic mass is 16.5. The molecule has 0 aromatic rings. The van der Waals surface area contributed by atoms with Crippen molar-refractivity contribution in [2.75, 3.05) is 53.1 Å². The standard InChI is InChI=1S/C14H30N2O2/c1-3-7-15-14-6-9-16(13-14)8-4-5-10-18-12-11-17-2/h14-15H,3-13H2,1-2H3. The highest BCUT2D eigenvalue weighted by Gasteiger charge is 2.20. The van der Waals surface area contributed by atoms with E-state index in [1.807, 2.05) is 0 Å². The van der Waals surface area contributed by atoms with E-state index in [1.165, 1.54) is 38.9 Å². The zero-order valence-corrected chi connectivity index (χ0v) is 12.1. The van der Waals surface area contributed by atoms with Crippen LogP contribution in [0.4, 0.5) is 0 Å². The number of hydrogen-bond acceptors (Lipinski definition) is 4. The lowest BCUT2D eigenvalue weighted by Gasteiger charge is -2.16. The molecule has 0 aromatic heterocycles. The molecule has 1 N–H and O–H groups in total. The second-order valence-electron chi connectivity index (χ2n) is 5.05. The summed E-state index contributed by atoms with van der Waals surface area (Å²) in [7, 11) is 1.71. The number of hydrogen-bond donors (Lipinski definition) is 1. The first-order chi connectivity index (χ1) is 8.86. The van der Waals surface area contributed by atoms with Crippen LogP contribution in [0.15, 0.2) is 0 Å². The Hall–Kier alpha value is -0.160. The summed E-state index contributed by atoms with van der Waals surface area (Å²) in [5.41, 5.74) is 0. The van der Waals surface area contributed by atoms with Crippen LogP contribution in [0.3, 0.4) is 0 Å². The minimum atomic E-state index is 0.705. The predicted molar refractivity (Wildman–Crippen MR) is 75.1 cm³/mol. The molecule has 4 nitrogen and oxygen atoms in total. The third-order valence-corrected chi connectivity index (χ3v) is 3.40. The van der Waals surface area contributed by atoms with Crippen LogP contribution in [-0.2, 0) is 9.47 Å². The molecule has 1 aliphatic rings. The zero-order chi connectivity index (χ0) is 13.1. The maximum atomic E-state index is 5.46. The number of rotatable bonds is 11. The lowest BCUT2D eigenvalue weighted by molar-refractivity contribution is 0.0679. The molecule has 0 bridgehead atoms. The van der Waals surface area contributed by atoms with Crippen molar-refractivity contribution in [3.63, 3.8) is 0 Å². The Morgan fingerprint density at radius 1 is 1.22 bits per heavy atom. The highest BCUT2D eigenvalue weighted by molar-refractivity contribution is 4.80. The Bertz CT molecular complexity index is 191. The van der Waals surface area contributed by atoms with Crippen LogP contribution < -0.4 is 5.32 Å². The molecule has 1 aliphatic heterocycles. The van der Waals surface area contributed by atoms with E-state index < -0.39 is 0 Å². The Labute approximate surface area is 112 Å². The van der Waals surface area contributed by atoms with Crippen molar-refractivity contribution in [1.29, 1.82) is 0 Å². The molecule has 0 aromatic carbocycles. The first-order valence-corrected chi connectivity index (χ1v) is 7.39. The molecule has 0 aliphatic carbocycles. The van der Waals surface area contributed by atoms with E-state index >= 15 is 0 Å². The Balaban J connectivity index is 1.88. The number of methoxy groups -OCH3 is 1. The summed E-state index contributed by atoms with van der Waals surface area (Å²) in [5.74, 6) is 0. The molecule has 0 spiro atoms. The normalized spacial score (nSPS) is 20.7. The predicted octanol–water partition coefficient (Wildman–Crippen LogP) is 1.50. The SMILES string of the molecule is CCCNC1CCN(CCCCOCCOC)C1. The molecular formula is C14H30N2O2. The summed E-state index contributed by atoms with van der Waals surface area (Å²) in [6, 6.07) is 0.725. The number of nitrogens with zero attached hydrogens (tertiary/aromatic N) is 1. The van der Waals surface area contributed by atoms with Gasteiger partial charge in [-0.15, -0.1) is 0 Å². The van der Waals surface area contributed by atoms with Crippen LogP contribution >= 0.6 is 0 Å². The van der Waals surface area contributed by atoms with Gasteiger partial charge < -0.3 is 19.7 Å². The number of ether oxygens (including phenoxy) is 2. The van der Waals surface area contributed by atoms with Gasteiger partial charge in [0.05, 0.1) is 13.2 Å². The van der Waals surface area contributed by atoms with Gasteiger partial charge in [0, 0.05) is 26.3 Å². The van der Waals surface area contributed by atoms with Crippen molar-refractivity contribution in [2.45, 2.75) is 38.6 Å². The molecular weight excluding hydrogens is 228 g/mol. The van der Waals surface area contributed by atoms with Crippen molar-refractivity contribution < 1.29 is 9.47 Å². The van der Waals surface area contributed by atoms with Gasteiger partial charge >= 0.3 is 0 Å². The summed E-state index contributed by atoms with van der Waals surface area (Å²) in [4.78, 5) is 2.57. The minimum Gasteiger partial charge on any atom is -0.382 e. The summed E-state index contributed by atoms with van der Waals surface area (Å²) >= 11 is 0. The van der Waals surface area contributed by atoms with Gasteiger partial charge in [-0.1, -0.05) is 6.92 Å². The maximum absolute atomic E-state index is 5.46. The number of nitrogens with one attached hydrogen (secondary N) is 1. The fourth-order valence-electron chi connectivity index (χ4n) is 2.33. The molecule has 0 amide bonds. The number of likely N-dealkylation sites (tertiary alicyclic amines) is 1. The first-order valence-electron chi connectivity index (χ1n) is 7.39. The van der Waals surface area contributed by atoms with Crippen LogP contribution in [0.5, 0.6) is 0 Å². The molecule has 1 atom stereocenters. The molecule has 1 saturated heterocycles. The molecule has 0 radical (unpaired) electrons. The Kier molecular flexibility index (Phi) is 9.48. The fourth-order valence-corrected chi connectivity index (χ4v) is 2.33. The molecule has 0 saturated carbocycles. The van der Waals surface area contributed by atoms with Crippen LogP contribution in [-0.4, -0.2) is 64.1 Å². The van der Waals surface area contributed by atoms with Gasteiger partial charge in [0.25, 0.3) is 0 Å². The molecule has 4 heteroatoms. The van der Waals surface area contributed by atoms with E-state index in [1.54, 1.807) is 7.11 Å². The molecule has 108 valence electrons. The van der Waals surface area contributed by atoms with Crippen LogP contribution in [0, 0.1) is 0 Å². The van der Waals surface area contributed by atoms with E-state index in [9.17, 15) is 0 Å². The summed E-state index contributed by atoms with van der Waals surface area (Å²) in [5, 5.41) is 3.61. The quantitative estimate of drug-likeness (QED) is 0.570. The third kappa shape index (κ3) is 7.31. The van der Waals surface area contributed by atoms with Crippen LogP contribution in [0.2, 0.25) is 0 Å². The van der Waals surface area contributed by atoms with Crippen molar-refractivity contribution in [1.82, 2.24) is 10.2 Å². The Morgan fingerprint density at radius 3 is 2.89 bits per heavy atom. The maximum Gasteiger partial charge on any atom is 0.0700 e. The second kappa shape index (κ2) is 10.7. The molecule has 1 unspecified atom stereocenters. The van der Waals surface area contributed by atoms with Crippen molar-refractivity contribution in [2.24, 2.45) is 0 Å². The molecule has 1 fully saturated rings. The average Bonchev–Trinajstić information content (AvgIpc) is 2.83. The molecule has 1 rings (SSSR count). The highest BCUT2D eigenvalue weighted by Crippen LogP contribution is 2.10. The van der Waals surface area contributed by atoms with E-state index in [4.69, 9.17) is 9.47 Å². The average molecular weight is 258 g/mol. The van der Waals surface area contributed by atoms with Crippen LogP contribution in [0.1, 0.15) is 32.6 Å². The van der Waals surface area contributed by atoms with Gasteiger partial charge in [-0.2, -0.15) is 0 Å². The summed E-state index contributed by atoms with van der Waals surface area (Å²) in [6.45, 7) is 9.39. The van der Waals surface area contributed by atoms with E-state index in [0.717, 1.165) is 32.2 Å². The van der Waals surface area contributed by atoms with Gasteiger partial charge in [0.2, 0.25) is 0 Å². The largest absolute Gasteiger partial charge is 0.382 e. The monoisotopic (exact) mass is 258 g/mol. The van der Waals surface area contributed by atoms with Gasteiger partial charge in [-0.3, -0.25) is 0 Å². The zero-order valence-electron chi connectivity index (χ0n) is 12.1. The lowest BCUT2D eigenvalue weighted by Crippen LogP contribution is -2.33. The van der Waals surface area contributed by atoms with Crippen LogP contribution in [0.25, 0.3) is 0 Å². The van der Waals surface area contributed by atoms with E-state index in [-0.39, 0.29) is 0 Å². The van der Waals surface area contributed by atoms with Gasteiger partial charge in [0.1, 0.15) is 0 Å². The van der Waals surface area contributed by atoms with Crippen molar-refractivity contribution in [3.05, 3.63) is 0 Å². The first kappa shape index (κ1) is 15.9. The molecule has 1 heterocycles. The van der Waals surface area contributed by atoms with Gasteiger partial charge in [0.15, 0.2) is 0 Å². The third-order valence-electron chi connectivity index (χ3n) is 3.40. The summed E-state index contributed by atoms with van der Waals surface area (Å²) < 4.78 is 10.4. The minimum absolute atomic E-state index is 0.705. The smallest absolute Gasteiger partial charge is 0.0700 e. The number of unbranched alkanes of at least 4 members (excludes halogenated alkanes) is 1. The van der Waals surface area contributed by atoms with Gasteiger partial charge in [-0.25, -0.2) is 0 Å².